The maximum atomic E-state index is 5.82. The minimum Gasteiger partial charge on any atom is -0.328 e. The normalized spacial score (nSPS) is 16.8. The van der Waals surface area contributed by atoms with E-state index in [9.17, 15) is 0 Å². The zero-order chi connectivity index (χ0) is 14.2. The Morgan fingerprint density at radius 1 is 1.10 bits per heavy atom. The predicted octanol–water partition coefficient (Wildman–Crippen LogP) is 2.44. The Kier molecular flexibility index (Phi) is 2.72. The standard InChI is InChI=1S/C16H15N5/c17-9-14-10-5-1-2-6-11(10)15(18-14)19-16-12-7-3-4-8-13(12)20-21-16/h1-8,14H,9,17H2,(H2,18,19,20,21). The van der Waals surface area contributed by atoms with Crippen molar-refractivity contribution in [2.45, 2.75) is 6.04 Å². The molecule has 5 nitrogen and oxygen atoms in total. The van der Waals surface area contributed by atoms with Gasteiger partial charge in [0.15, 0.2) is 5.82 Å². The highest BCUT2D eigenvalue weighted by molar-refractivity contribution is 6.13. The third kappa shape index (κ3) is 1.90. The average Bonchev–Trinajstić information content (AvgIpc) is 3.10. The molecule has 0 radical (unpaired) electrons. The lowest BCUT2D eigenvalue weighted by Crippen LogP contribution is -2.11. The number of aliphatic imine (C=N–C) groups is 1. The Balaban J connectivity index is 1.75. The summed E-state index contributed by atoms with van der Waals surface area (Å²) in [7, 11) is 0. The Bertz CT molecular complexity index is 833. The van der Waals surface area contributed by atoms with Gasteiger partial charge in [0.05, 0.1) is 11.6 Å². The molecule has 4 N–H and O–H groups in total. The number of H-pyrrole nitrogens is 1. The van der Waals surface area contributed by atoms with E-state index in [2.05, 4.69) is 32.6 Å². The molecule has 0 saturated carbocycles. The van der Waals surface area contributed by atoms with Gasteiger partial charge in [-0.15, -0.1) is 0 Å². The second-order valence-electron chi connectivity index (χ2n) is 5.06. The van der Waals surface area contributed by atoms with Gasteiger partial charge in [0.1, 0.15) is 5.84 Å². The number of nitrogens with two attached hydrogens (primary N) is 1. The molecule has 0 spiro atoms. The number of benzene rings is 2. The molecular formula is C16H15N5. The van der Waals surface area contributed by atoms with Crippen molar-refractivity contribution in [3.63, 3.8) is 0 Å². The number of hydrogen-bond acceptors (Lipinski definition) is 4. The van der Waals surface area contributed by atoms with Crippen LogP contribution in [-0.2, 0) is 0 Å². The molecule has 0 aliphatic carbocycles. The van der Waals surface area contributed by atoms with Gasteiger partial charge >= 0.3 is 0 Å². The van der Waals surface area contributed by atoms with Crippen molar-refractivity contribution in [2.75, 3.05) is 11.9 Å². The third-order valence-electron chi connectivity index (χ3n) is 3.79. The molecule has 2 aromatic carbocycles. The Morgan fingerprint density at radius 3 is 2.81 bits per heavy atom. The van der Waals surface area contributed by atoms with Crippen molar-refractivity contribution in [1.29, 1.82) is 0 Å². The maximum absolute atomic E-state index is 5.82. The lowest BCUT2D eigenvalue weighted by Gasteiger charge is -2.05. The van der Waals surface area contributed by atoms with Crippen LogP contribution in [0.3, 0.4) is 0 Å². The van der Waals surface area contributed by atoms with E-state index in [1.807, 2.05) is 36.4 Å². The quantitative estimate of drug-likeness (QED) is 0.673. The predicted molar refractivity (Wildman–Crippen MR) is 84.5 cm³/mol. The fourth-order valence-electron chi connectivity index (χ4n) is 2.75. The molecule has 0 amide bonds. The first-order chi connectivity index (χ1) is 10.4. The highest BCUT2D eigenvalue weighted by Crippen LogP contribution is 2.30. The smallest absolute Gasteiger partial charge is 0.161 e. The maximum Gasteiger partial charge on any atom is 0.161 e. The molecule has 0 saturated heterocycles. The van der Waals surface area contributed by atoms with Crippen LogP contribution in [-0.4, -0.2) is 22.6 Å². The molecular weight excluding hydrogens is 262 g/mol. The molecule has 1 aromatic heterocycles. The number of nitrogens with one attached hydrogen (secondary N) is 2. The molecule has 5 heteroatoms. The van der Waals surface area contributed by atoms with Crippen LogP contribution in [0.15, 0.2) is 53.5 Å². The molecule has 3 aromatic rings. The summed E-state index contributed by atoms with van der Waals surface area (Å²) >= 11 is 0. The van der Waals surface area contributed by atoms with Crippen LogP contribution in [0.25, 0.3) is 10.9 Å². The van der Waals surface area contributed by atoms with Gasteiger partial charge in [0.2, 0.25) is 0 Å². The van der Waals surface area contributed by atoms with Gasteiger partial charge in [0.25, 0.3) is 0 Å². The number of anilines is 1. The van der Waals surface area contributed by atoms with Crippen LogP contribution >= 0.6 is 0 Å². The Hall–Kier alpha value is -2.66. The number of amidine groups is 1. The van der Waals surface area contributed by atoms with Gasteiger partial charge in [-0.05, 0) is 17.7 Å². The van der Waals surface area contributed by atoms with Crippen molar-refractivity contribution in [3.05, 3.63) is 59.7 Å². The van der Waals surface area contributed by atoms with Gasteiger partial charge in [-0.1, -0.05) is 36.4 Å². The zero-order valence-corrected chi connectivity index (χ0v) is 11.4. The first-order valence-corrected chi connectivity index (χ1v) is 6.94. The summed E-state index contributed by atoms with van der Waals surface area (Å²) in [4.78, 5) is 4.68. The van der Waals surface area contributed by atoms with Gasteiger partial charge < -0.3 is 11.1 Å². The first-order valence-electron chi connectivity index (χ1n) is 6.94. The second kappa shape index (κ2) is 4.71. The summed E-state index contributed by atoms with van der Waals surface area (Å²) in [6, 6.07) is 16.2. The van der Waals surface area contributed by atoms with Crippen molar-refractivity contribution >= 4 is 22.6 Å². The fraction of sp³-hybridized carbons (Fsp3) is 0.125. The molecule has 1 aliphatic rings. The van der Waals surface area contributed by atoms with Crippen LogP contribution in [0, 0.1) is 0 Å². The number of rotatable bonds is 2. The monoisotopic (exact) mass is 277 g/mol. The largest absolute Gasteiger partial charge is 0.328 e. The van der Waals surface area contributed by atoms with Crippen LogP contribution in [0.2, 0.25) is 0 Å². The number of fused-ring (bicyclic) bond motifs is 2. The average molecular weight is 277 g/mol. The van der Waals surface area contributed by atoms with E-state index >= 15 is 0 Å². The van der Waals surface area contributed by atoms with Crippen LogP contribution in [0.4, 0.5) is 5.82 Å². The minimum atomic E-state index is 0.0221. The molecule has 1 aliphatic heterocycles. The number of para-hydroxylation sites is 1. The fourth-order valence-corrected chi connectivity index (χ4v) is 2.75. The van der Waals surface area contributed by atoms with Crippen molar-refractivity contribution in [2.24, 2.45) is 10.7 Å². The molecule has 2 heterocycles. The topological polar surface area (TPSA) is 79.1 Å². The van der Waals surface area contributed by atoms with Crippen molar-refractivity contribution < 1.29 is 0 Å². The molecule has 21 heavy (non-hydrogen) atoms. The van der Waals surface area contributed by atoms with E-state index in [0.29, 0.717) is 6.54 Å². The molecule has 1 unspecified atom stereocenters. The number of nitrogens with zero attached hydrogens (tertiary/aromatic N) is 2. The van der Waals surface area contributed by atoms with E-state index < -0.39 is 0 Å². The molecule has 0 fully saturated rings. The van der Waals surface area contributed by atoms with E-state index in [1.54, 1.807) is 0 Å². The molecule has 4 rings (SSSR count). The third-order valence-corrected chi connectivity index (χ3v) is 3.79. The van der Waals surface area contributed by atoms with E-state index in [1.165, 1.54) is 5.56 Å². The minimum absolute atomic E-state index is 0.0221. The molecule has 0 bridgehead atoms. The van der Waals surface area contributed by atoms with E-state index in [0.717, 1.165) is 28.1 Å². The molecule has 1 atom stereocenters. The van der Waals surface area contributed by atoms with Crippen LogP contribution in [0.1, 0.15) is 17.2 Å². The van der Waals surface area contributed by atoms with Crippen LogP contribution < -0.4 is 11.1 Å². The summed E-state index contributed by atoms with van der Waals surface area (Å²) < 4.78 is 0. The Morgan fingerprint density at radius 2 is 1.90 bits per heavy atom. The van der Waals surface area contributed by atoms with E-state index in [4.69, 9.17) is 5.73 Å². The van der Waals surface area contributed by atoms with Crippen LogP contribution in [0.5, 0.6) is 0 Å². The van der Waals surface area contributed by atoms with Gasteiger partial charge in [0, 0.05) is 17.5 Å². The van der Waals surface area contributed by atoms with Gasteiger partial charge in [-0.2, -0.15) is 5.10 Å². The van der Waals surface area contributed by atoms with Crippen molar-refractivity contribution in [3.8, 4) is 0 Å². The van der Waals surface area contributed by atoms with Gasteiger partial charge in [-0.3, -0.25) is 10.1 Å². The molecule has 104 valence electrons. The lowest BCUT2D eigenvalue weighted by molar-refractivity contribution is 0.755. The summed E-state index contributed by atoms with van der Waals surface area (Å²) in [5.74, 6) is 1.62. The first kappa shape index (κ1) is 12.1. The summed E-state index contributed by atoms with van der Waals surface area (Å²) in [5, 5.41) is 11.7. The lowest BCUT2D eigenvalue weighted by atomic mass is 10.0. The highest BCUT2D eigenvalue weighted by Gasteiger charge is 2.24. The second-order valence-corrected chi connectivity index (χ2v) is 5.06. The summed E-state index contributed by atoms with van der Waals surface area (Å²) in [5.41, 5.74) is 9.09. The number of aromatic nitrogens is 2. The number of hydrogen-bond donors (Lipinski definition) is 3. The Labute approximate surface area is 121 Å². The van der Waals surface area contributed by atoms with E-state index in [-0.39, 0.29) is 6.04 Å². The summed E-state index contributed by atoms with van der Waals surface area (Å²) in [6.07, 6.45) is 0. The number of aromatic amines is 1. The SMILES string of the molecule is NCC1N=C(Nc2n[nH]c3ccccc23)c2ccccc21. The van der Waals surface area contributed by atoms with Crippen molar-refractivity contribution in [1.82, 2.24) is 10.2 Å². The van der Waals surface area contributed by atoms with Gasteiger partial charge in [-0.25, -0.2) is 0 Å². The highest BCUT2D eigenvalue weighted by atomic mass is 15.2. The zero-order valence-electron chi connectivity index (χ0n) is 11.4. The summed E-state index contributed by atoms with van der Waals surface area (Å²) in [6.45, 7) is 0.503.